The number of imidazole rings is 1. The summed E-state index contributed by atoms with van der Waals surface area (Å²) in [6.07, 6.45) is 8.11. The van der Waals surface area contributed by atoms with Crippen LogP contribution in [0.1, 0.15) is 58.8 Å². The van der Waals surface area contributed by atoms with Gasteiger partial charge >= 0.3 is 5.69 Å². The van der Waals surface area contributed by atoms with Crippen LogP contribution in [-0.4, -0.2) is 46.5 Å². The number of carbonyl (C=O) groups is 1. The summed E-state index contributed by atoms with van der Waals surface area (Å²) in [6, 6.07) is 14.4. The number of anilines is 3. The smallest absolute Gasteiger partial charge is 0.326 e. The Morgan fingerprint density at radius 3 is 2.51 bits per heavy atom. The van der Waals surface area contributed by atoms with Crippen LogP contribution in [0, 0.1) is 11.8 Å². The Bertz CT molecular complexity index is 1250. The molecule has 1 unspecified atom stereocenters. The molecule has 1 atom stereocenters. The van der Waals surface area contributed by atoms with Crippen molar-refractivity contribution in [2.45, 2.75) is 65.3 Å². The van der Waals surface area contributed by atoms with Crippen LogP contribution in [0.3, 0.4) is 0 Å². The van der Waals surface area contributed by atoms with Gasteiger partial charge in [0.2, 0.25) is 5.91 Å². The summed E-state index contributed by atoms with van der Waals surface area (Å²) in [5.74, 6) is 0.802. The van der Waals surface area contributed by atoms with E-state index in [0.29, 0.717) is 12.5 Å². The number of fused-ring (bicyclic) bond motifs is 1. The molecule has 2 aromatic carbocycles. The number of H-pyrrole nitrogens is 1. The van der Waals surface area contributed by atoms with Gasteiger partial charge in [-0.05, 0) is 69.7 Å². The predicted octanol–water partition coefficient (Wildman–Crippen LogP) is 5.74. The fourth-order valence-corrected chi connectivity index (χ4v) is 6.23. The predicted molar refractivity (Wildman–Crippen MR) is 152 cm³/mol. The zero-order chi connectivity index (χ0) is 25.8. The van der Waals surface area contributed by atoms with E-state index < -0.39 is 0 Å². The molecule has 1 aliphatic heterocycles. The summed E-state index contributed by atoms with van der Waals surface area (Å²) >= 11 is 0. The number of hydrogen-bond acceptors (Lipinski definition) is 4. The van der Waals surface area contributed by atoms with Crippen molar-refractivity contribution in [2.24, 2.45) is 11.8 Å². The topological polar surface area (TPSA) is 73.4 Å². The van der Waals surface area contributed by atoms with Crippen molar-refractivity contribution < 1.29 is 4.79 Å². The minimum Gasteiger partial charge on any atom is -0.369 e. The van der Waals surface area contributed by atoms with Gasteiger partial charge in [0.15, 0.2) is 0 Å². The van der Waals surface area contributed by atoms with Gasteiger partial charge in [-0.15, -0.1) is 0 Å². The lowest BCUT2D eigenvalue weighted by molar-refractivity contribution is -0.135. The number of rotatable bonds is 8. The molecule has 37 heavy (non-hydrogen) atoms. The number of carbonyl (C=O) groups excluding carboxylic acids is 1. The van der Waals surface area contributed by atoms with E-state index >= 15 is 0 Å². The van der Waals surface area contributed by atoms with Crippen molar-refractivity contribution >= 4 is 34.0 Å². The molecule has 7 nitrogen and oxygen atoms in total. The van der Waals surface area contributed by atoms with E-state index in [1.807, 2.05) is 39.8 Å². The molecular formula is C30H41N5O2. The van der Waals surface area contributed by atoms with Crippen molar-refractivity contribution in [1.82, 2.24) is 14.5 Å². The highest BCUT2D eigenvalue weighted by Crippen LogP contribution is 2.36. The van der Waals surface area contributed by atoms with Crippen LogP contribution in [0.5, 0.6) is 0 Å². The van der Waals surface area contributed by atoms with Gasteiger partial charge in [-0.2, -0.15) is 0 Å². The van der Waals surface area contributed by atoms with Gasteiger partial charge in [0, 0.05) is 38.4 Å². The minimum absolute atomic E-state index is 0.00965. The Morgan fingerprint density at radius 2 is 1.78 bits per heavy atom. The van der Waals surface area contributed by atoms with Gasteiger partial charge in [0.05, 0.1) is 28.3 Å². The van der Waals surface area contributed by atoms with Crippen molar-refractivity contribution in [2.75, 3.05) is 36.4 Å². The SMILES string of the molecule is CCN(CC)C(=O)C1CCCN(c2cc3c(cc2Nc2ccccc2)[nH]c(=O)n3CC2CCCCC2)C1. The average molecular weight is 504 g/mol. The third-order valence-corrected chi connectivity index (χ3v) is 8.30. The Labute approximate surface area is 219 Å². The van der Waals surface area contributed by atoms with Crippen LogP contribution >= 0.6 is 0 Å². The number of aromatic amines is 1. The normalized spacial score (nSPS) is 18.8. The number of para-hydroxylation sites is 1. The summed E-state index contributed by atoms with van der Waals surface area (Å²) in [7, 11) is 0. The monoisotopic (exact) mass is 503 g/mol. The zero-order valence-corrected chi connectivity index (χ0v) is 22.3. The van der Waals surface area contributed by atoms with Crippen LogP contribution in [0.4, 0.5) is 17.1 Å². The second-order valence-electron chi connectivity index (χ2n) is 10.7. The first kappa shape index (κ1) is 25.4. The average Bonchev–Trinajstić information content (AvgIpc) is 3.23. The molecule has 0 spiro atoms. The Balaban J connectivity index is 1.52. The van der Waals surface area contributed by atoms with Gasteiger partial charge in [0.25, 0.3) is 0 Å². The fraction of sp³-hybridized carbons (Fsp3) is 0.533. The minimum atomic E-state index is -0.0309. The summed E-state index contributed by atoms with van der Waals surface area (Å²) in [5, 5.41) is 3.59. The first-order chi connectivity index (χ1) is 18.1. The molecule has 7 heteroatoms. The van der Waals surface area contributed by atoms with Gasteiger partial charge in [-0.3, -0.25) is 9.36 Å². The summed E-state index contributed by atoms with van der Waals surface area (Å²) in [6.45, 7) is 7.96. The van der Waals surface area contributed by atoms with Crippen molar-refractivity contribution in [1.29, 1.82) is 0 Å². The van der Waals surface area contributed by atoms with E-state index in [-0.39, 0.29) is 17.5 Å². The summed E-state index contributed by atoms with van der Waals surface area (Å²) in [4.78, 5) is 33.7. The first-order valence-electron chi connectivity index (χ1n) is 14.2. The van der Waals surface area contributed by atoms with E-state index in [1.165, 1.54) is 32.1 Å². The molecule has 1 saturated carbocycles. The summed E-state index contributed by atoms with van der Waals surface area (Å²) < 4.78 is 1.95. The quantitative estimate of drug-likeness (QED) is 0.411. The number of nitrogens with zero attached hydrogens (tertiary/aromatic N) is 3. The van der Waals surface area contributed by atoms with Gasteiger partial charge < -0.3 is 20.1 Å². The molecule has 1 aliphatic carbocycles. The molecule has 198 valence electrons. The van der Waals surface area contributed by atoms with Crippen molar-refractivity contribution in [3.63, 3.8) is 0 Å². The molecule has 2 heterocycles. The van der Waals surface area contributed by atoms with E-state index in [4.69, 9.17) is 0 Å². The fourth-order valence-electron chi connectivity index (χ4n) is 6.23. The molecule has 2 aliphatic rings. The van der Waals surface area contributed by atoms with Crippen LogP contribution in [0.2, 0.25) is 0 Å². The number of amides is 1. The second-order valence-corrected chi connectivity index (χ2v) is 10.7. The third-order valence-electron chi connectivity index (χ3n) is 8.30. The van der Waals surface area contributed by atoms with Gasteiger partial charge in [-0.25, -0.2) is 4.79 Å². The first-order valence-corrected chi connectivity index (χ1v) is 14.2. The summed E-state index contributed by atoms with van der Waals surface area (Å²) in [5.41, 5.74) is 4.80. The van der Waals surface area contributed by atoms with Gasteiger partial charge in [0.1, 0.15) is 0 Å². The van der Waals surface area contributed by atoms with Crippen LogP contribution in [0.25, 0.3) is 11.0 Å². The van der Waals surface area contributed by atoms with E-state index in [2.05, 4.69) is 41.2 Å². The zero-order valence-electron chi connectivity index (χ0n) is 22.3. The highest BCUT2D eigenvalue weighted by molar-refractivity contribution is 5.90. The van der Waals surface area contributed by atoms with Crippen molar-refractivity contribution in [3.05, 3.63) is 52.9 Å². The molecular weight excluding hydrogens is 462 g/mol. The lowest BCUT2D eigenvalue weighted by Gasteiger charge is -2.37. The third kappa shape index (κ3) is 5.55. The molecule has 1 saturated heterocycles. The maximum Gasteiger partial charge on any atom is 0.326 e. The Kier molecular flexibility index (Phi) is 7.87. The maximum atomic E-state index is 13.2. The molecule has 5 rings (SSSR count). The molecule has 2 N–H and O–H groups in total. The standard InChI is InChI=1S/C30H41N5O2/c1-3-33(4-2)29(36)23-14-11-17-34(21-23)27-19-28-26(18-25(27)31-24-15-9-6-10-16-24)32-30(37)35(28)20-22-12-7-5-8-13-22/h6,9-10,15-16,18-19,22-23,31H,3-5,7-8,11-14,17,20-21H2,1-2H3,(H,32,37). The highest BCUT2D eigenvalue weighted by Gasteiger charge is 2.30. The lowest BCUT2D eigenvalue weighted by atomic mass is 9.89. The van der Waals surface area contributed by atoms with Crippen LogP contribution in [-0.2, 0) is 11.3 Å². The van der Waals surface area contributed by atoms with Crippen LogP contribution < -0.4 is 15.9 Å². The number of benzene rings is 2. The van der Waals surface area contributed by atoms with Crippen molar-refractivity contribution in [3.8, 4) is 0 Å². The largest absolute Gasteiger partial charge is 0.369 e. The molecule has 1 amide bonds. The van der Waals surface area contributed by atoms with E-state index in [1.54, 1.807) is 0 Å². The molecule has 1 aromatic heterocycles. The number of hydrogen-bond donors (Lipinski definition) is 2. The maximum absolute atomic E-state index is 13.2. The number of piperidine rings is 1. The Morgan fingerprint density at radius 1 is 1.03 bits per heavy atom. The van der Waals surface area contributed by atoms with Gasteiger partial charge in [-0.1, -0.05) is 37.5 Å². The van der Waals surface area contributed by atoms with Crippen LogP contribution in [0.15, 0.2) is 47.3 Å². The second kappa shape index (κ2) is 11.4. The molecule has 0 bridgehead atoms. The van der Waals surface area contributed by atoms with E-state index in [9.17, 15) is 9.59 Å². The number of nitrogens with one attached hydrogen (secondary N) is 2. The molecule has 3 aromatic rings. The Hall–Kier alpha value is -3.22. The number of aromatic nitrogens is 2. The highest BCUT2D eigenvalue weighted by atomic mass is 16.2. The lowest BCUT2D eigenvalue weighted by Crippen LogP contribution is -2.45. The van der Waals surface area contributed by atoms with E-state index in [0.717, 1.165) is 67.1 Å². The molecule has 0 radical (unpaired) electrons. The molecule has 2 fully saturated rings.